The summed E-state index contributed by atoms with van der Waals surface area (Å²) in [7, 11) is 1.47. The molecule has 6 heteroatoms. The number of carboxylic acid groups (broad SMARTS) is 1. The first-order chi connectivity index (χ1) is 9.01. The fraction of sp³-hybridized carbons (Fsp3) is 0.231. The van der Waals surface area contributed by atoms with Crippen molar-refractivity contribution in [3.8, 4) is 16.3 Å². The summed E-state index contributed by atoms with van der Waals surface area (Å²) in [6.07, 6.45) is -0.0960. The Balaban J connectivity index is 2.39. The van der Waals surface area contributed by atoms with Crippen molar-refractivity contribution in [3.63, 3.8) is 0 Å². The molecule has 0 unspecified atom stereocenters. The summed E-state index contributed by atoms with van der Waals surface area (Å²) in [6.45, 7) is 1.72. The Labute approximate surface area is 113 Å². The lowest BCUT2D eigenvalue weighted by atomic mass is 10.2. The van der Waals surface area contributed by atoms with E-state index in [-0.39, 0.29) is 6.42 Å². The Morgan fingerprint density at radius 2 is 2.26 bits per heavy atom. The average Bonchev–Trinajstić information content (AvgIpc) is 2.69. The van der Waals surface area contributed by atoms with E-state index in [4.69, 9.17) is 9.84 Å². The number of aryl methyl sites for hydroxylation is 1. The molecule has 0 saturated carbocycles. The van der Waals surface area contributed by atoms with Gasteiger partial charge in [-0.15, -0.1) is 11.3 Å². The van der Waals surface area contributed by atoms with Crippen LogP contribution in [0.2, 0.25) is 0 Å². The van der Waals surface area contributed by atoms with Gasteiger partial charge in [0.1, 0.15) is 16.6 Å². The van der Waals surface area contributed by atoms with Crippen molar-refractivity contribution >= 4 is 17.3 Å². The molecule has 1 aromatic carbocycles. The third-order valence-corrected chi connectivity index (χ3v) is 3.80. The molecule has 1 aromatic heterocycles. The number of ether oxygens (including phenoxy) is 1. The second kappa shape index (κ2) is 5.36. The maximum atomic E-state index is 13.9. The van der Waals surface area contributed by atoms with Crippen molar-refractivity contribution in [1.82, 2.24) is 4.98 Å². The van der Waals surface area contributed by atoms with Crippen molar-refractivity contribution in [2.45, 2.75) is 13.3 Å². The van der Waals surface area contributed by atoms with Crippen LogP contribution in [0.5, 0.6) is 5.75 Å². The number of thiazole rings is 1. The number of halogens is 1. The predicted molar refractivity (Wildman–Crippen MR) is 70.1 cm³/mol. The molecule has 0 spiro atoms. The minimum atomic E-state index is -0.923. The van der Waals surface area contributed by atoms with Gasteiger partial charge in [0.2, 0.25) is 0 Å². The van der Waals surface area contributed by atoms with E-state index in [1.807, 2.05) is 0 Å². The van der Waals surface area contributed by atoms with E-state index < -0.39 is 11.8 Å². The molecule has 0 aliphatic carbocycles. The van der Waals surface area contributed by atoms with Crippen LogP contribution in [0.1, 0.15) is 10.6 Å². The molecule has 0 atom stereocenters. The third kappa shape index (κ3) is 2.90. The summed E-state index contributed by atoms with van der Waals surface area (Å²) in [4.78, 5) is 15.6. The molecule has 0 bridgehead atoms. The molecule has 1 heterocycles. The molecule has 2 aromatic rings. The van der Waals surface area contributed by atoms with Crippen molar-refractivity contribution in [3.05, 3.63) is 34.6 Å². The van der Waals surface area contributed by atoms with Crippen LogP contribution >= 0.6 is 11.3 Å². The van der Waals surface area contributed by atoms with Crippen molar-refractivity contribution in [2.24, 2.45) is 0 Å². The molecular formula is C13H12FNO3S. The average molecular weight is 281 g/mol. The molecule has 2 rings (SSSR count). The lowest BCUT2D eigenvalue weighted by Gasteiger charge is -2.02. The molecule has 0 aliphatic rings. The first-order valence-electron chi connectivity index (χ1n) is 5.53. The zero-order chi connectivity index (χ0) is 14.0. The van der Waals surface area contributed by atoms with Crippen molar-refractivity contribution in [1.29, 1.82) is 0 Å². The quantitative estimate of drug-likeness (QED) is 0.936. The van der Waals surface area contributed by atoms with E-state index in [1.54, 1.807) is 19.1 Å². The summed E-state index contributed by atoms with van der Waals surface area (Å²) in [5.41, 5.74) is 0.975. The second-order valence-corrected chi connectivity index (χ2v) is 5.03. The second-order valence-electron chi connectivity index (χ2n) is 3.94. The minimum Gasteiger partial charge on any atom is -0.497 e. The number of hydrogen-bond donors (Lipinski definition) is 1. The van der Waals surface area contributed by atoms with Crippen LogP contribution in [0.15, 0.2) is 18.2 Å². The standard InChI is InChI=1S/C13H12FNO3S/c1-7-11(6-12(16)17)19-13(15-7)9-4-3-8(18-2)5-10(9)14/h3-5H,6H2,1-2H3,(H,16,17). The van der Waals surface area contributed by atoms with Crippen LogP contribution in [0.4, 0.5) is 4.39 Å². The fourth-order valence-electron chi connectivity index (χ4n) is 1.64. The van der Waals surface area contributed by atoms with Gasteiger partial charge in [0.05, 0.1) is 19.2 Å². The van der Waals surface area contributed by atoms with Gasteiger partial charge in [0, 0.05) is 16.5 Å². The Morgan fingerprint density at radius 3 is 2.84 bits per heavy atom. The molecule has 0 aliphatic heterocycles. The highest BCUT2D eigenvalue weighted by atomic mass is 32.1. The molecule has 100 valence electrons. The maximum absolute atomic E-state index is 13.9. The lowest BCUT2D eigenvalue weighted by molar-refractivity contribution is -0.136. The fourth-order valence-corrected chi connectivity index (χ4v) is 2.72. The van der Waals surface area contributed by atoms with Gasteiger partial charge in [-0.3, -0.25) is 4.79 Å². The Morgan fingerprint density at radius 1 is 1.53 bits per heavy atom. The number of methoxy groups -OCH3 is 1. The van der Waals surface area contributed by atoms with Crippen LogP contribution in [0, 0.1) is 12.7 Å². The van der Waals surface area contributed by atoms with E-state index in [9.17, 15) is 9.18 Å². The third-order valence-electron chi connectivity index (χ3n) is 2.61. The Bertz CT molecular complexity index is 624. The number of aromatic nitrogens is 1. The summed E-state index contributed by atoms with van der Waals surface area (Å²) >= 11 is 1.20. The summed E-state index contributed by atoms with van der Waals surface area (Å²) in [5.74, 6) is -0.927. The number of carboxylic acids is 1. The van der Waals surface area contributed by atoms with E-state index in [1.165, 1.54) is 24.5 Å². The molecular weight excluding hydrogens is 269 g/mol. The van der Waals surface area contributed by atoms with Gasteiger partial charge in [0.25, 0.3) is 0 Å². The lowest BCUT2D eigenvalue weighted by Crippen LogP contribution is -1.99. The van der Waals surface area contributed by atoms with Gasteiger partial charge in [-0.1, -0.05) is 0 Å². The van der Waals surface area contributed by atoms with Crippen molar-refractivity contribution in [2.75, 3.05) is 7.11 Å². The SMILES string of the molecule is COc1ccc(-c2nc(C)c(CC(=O)O)s2)c(F)c1. The summed E-state index contributed by atoms with van der Waals surface area (Å²) in [6, 6.07) is 4.51. The van der Waals surface area contributed by atoms with Gasteiger partial charge >= 0.3 is 5.97 Å². The number of carbonyl (C=O) groups is 1. The molecule has 19 heavy (non-hydrogen) atoms. The number of aliphatic carboxylic acids is 1. The summed E-state index contributed by atoms with van der Waals surface area (Å²) < 4.78 is 18.8. The zero-order valence-electron chi connectivity index (χ0n) is 10.4. The largest absolute Gasteiger partial charge is 0.497 e. The zero-order valence-corrected chi connectivity index (χ0v) is 11.3. The van der Waals surface area contributed by atoms with E-state index in [0.29, 0.717) is 26.9 Å². The topological polar surface area (TPSA) is 59.4 Å². The summed E-state index contributed by atoms with van der Waals surface area (Å²) in [5, 5.41) is 9.26. The molecule has 4 nitrogen and oxygen atoms in total. The number of nitrogens with zero attached hydrogens (tertiary/aromatic N) is 1. The van der Waals surface area contributed by atoms with E-state index in [0.717, 1.165) is 0 Å². The highest BCUT2D eigenvalue weighted by Crippen LogP contribution is 2.31. The first kappa shape index (κ1) is 13.5. The monoisotopic (exact) mass is 281 g/mol. The van der Waals surface area contributed by atoms with Gasteiger partial charge in [-0.25, -0.2) is 9.37 Å². The van der Waals surface area contributed by atoms with Gasteiger partial charge in [-0.2, -0.15) is 0 Å². The van der Waals surface area contributed by atoms with Crippen molar-refractivity contribution < 1.29 is 19.0 Å². The molecule has 0 fully saturated rings. The van der Waals surface area contributed by atoms with Crippen LogP contribution in [-0.4, -0.2) is 23.2 Å². The first-order valence-corrected chi connectivity index (χ1v) is 6.35. The number of rotatable bonds is 4. The number of hydrogen-bond acceptors (Lipinski definition) is 4. The maximum Gasteiger partial charge on any atom is 0.308 e. The Hall–Kier alpha value is -1.95. The van der Waals surface area contributed by atoms with Gasteiger partial charge in [0.15, 0.2) is 0 Å². The highest BCUT2D eigenvalue weighted by molar-refractivity contribution is 7.15. The van der Waals surface area contributed by atoms with Crippen LogP contribution < -0.4 is 4.74 Å². The molecule has 0 saturated heterocycles. The van der Waals surface area contributed by atoms with Crippen LogP contribution in [0.3, 0.4) is 0 Å². The van der Waals surface area contributed by atoms with Crippen LogP contribution in [0.25, 0.3) is 10.6 Å². The van der Waals surface area contributed by atoms with Gasteiger partial charge in [-0.05, 0) is 19.1 Å². The van der Waals surface area contributed by atoms with E-state index >= 15 is 0 Å². The molecule has 0 amide bonds. The number of benzene rings is 1. The molecule has 1 N–H and O–H groups in total. The molecule has 0 radical (unpaired) electrons. The predicted octanol–water partition coefficient (Wildman–Crippen LogP) is 2.89. The van der Waals surface area contributed by atoms with Gasteiger partial charge < -0.3 is 9.84 Å². The van der Waals surface area contributed by atoms with E-state index in [2.05, 4.69) is 4.98 Å². The Kier molecular flexibility index (Phi) is 3.80. The minimum absolute atomic E-state index is 0.0960. The normalized spacial score (nSPS) is 10.5. The smallest absolute Gasteiger partial charge is 0.308 e. The van der Waals surface area contributed by atoms with Crippen LogP contribution in [-0.2, 0) is 11.2 Å². The highest BCUT2D eigenvalue weighted by Gasteiger charge is 2.15.